The molecule has 1 atom stereocenters. The summed E-state index contributed by atoms with van der Waals surface area (Å²) in [5, 5.41) is 1.60. The van der Waals surface area contributed by atoms with Crippen LogP contribution < -0.4 is 4.72 Å². The Hall–Kier alpha value is -0.950. The number of halogens is 1. The van der Waals surface area contributed by atoms with E-state index in [-0.39, 0.29) is 6.10 Å². The third kappa shape index (κ3) is 3.13. The summed E-state index contributed by atoms with van der Waals surface area (Å²) in [7, 11) is -3.54. The van der Waals surface area contributed by atoms with E-state index in [0.717, 1.165) is 22.7 Å². The maximum absolute atomic E-state index is 12.5. The van der Waals surface area contributed by atoms with E-state index in [0.29, 0.717) is 23.4 Å². The molecule has 0 aromatic heterocycles. The van der Waals surface area contributed by atoms with Gasteiger partial charge in [0, 0.05) is 23.0 Å². The Kier molecular flexibility index (Phi) is 4.31. The van der Waals surface area contributed by atoms with Crippen LogP contribution in [0.15, 0.2) is 45.8 Å². The van der Waals surface area contributed by atoms with Crippen LogP contribution in [0.4, 0.5) is 0 Å². The molecule has 1 aliphatic heterocycles. The number of sulfonamides is 1. The lowest BCUT2D eigenvalue weighted by Crippen LogP contribution is -2.31. The van der Waals surface area contributed by atoms with Crippen molar-refractivity contribution in [2.75, 3.05) is 13.2 Å². The number of hydrogen-bond donors (Lipinski definition) is 1. The first-order chi connectivity index (χ1) is 10.1. The average molecular weight is 370 g/mol. The fraction of sp³-hybridized carbons (Fsp3) is 0.333. The zero-order valence-electron chi connectivity index (χ0n) is 11.4. The number of rotatable bonds is 4. The predicted molar refractivity (Wildman–Crippen MR) is 85.8 cm³/mol. The largest absolute Gasteiger partial charge is 0.377 e. The van der Waals surface area contributed by atoms with E-state index >= 15 is 0 Å². The molecule has 0 radical (unpaired) electrons. The van der Waals surface area contributed by atoms with E-state index in [2.05, 4.69) is 20.7 Å². The van der Waals surface area contributed by atoms with Gasteiger partial charge in [0.1, 0.15) is 0 Å². The standard InChI is InChI=1S/C15H16BrNO3S/c16-14-7-8-15(13-6-2-1-5-12(13)14)21(18,19)17-10-11-4-3-9-20-11/h1-2,5-8,11,17H,3-4,9-10H2. The molecule has 0 spiro atoms. The first-order valence-corrected chi connectivity index (χ1v) is 9.14. The molecule has 2 aromatic rings. The van der Waals surface area contributed by atoms with Gasteiger partial charge in [-0.15, -0.1) is 0 Å². The van der Waals surface area contributed by atoms with Gasteiger partial charge >= 0.3 is 0 Å². The Morgan fingerprint density at radius 2 is 1.95 bits per heavy atom. The second-order valence-electron chi connectivity index (χ2n) is 5.08. The smallest absolute Gasteiger partial charge is 0.241 e. The quantitative estimate of drug-likeness (QED) is 0.900. The lowest BCUT2D eigenvalue weighted by atomic mass is 10.1. The van der Waals surface area contributed by atoms with Crippen LogP contribution in [0.25, 0.3) is 10.8 Å². The minimum atomic E-state index is -3.54. The predicted octanol–water partition coefficient (Wildman–Crippen LogP) is 3.06. The van der Waals surface area contributed by atoms with Crippen LogP contribution in [0.5, 0.6) is 0 Å². The van der Waals surface area contributed by atoms with Gasteiger partial charge in [-0.2, -0.15) is 0 Å². The van der Waals surface area contributed by atoms with Crippen LogP contribution in [-0.2, 0) is 14.8 Å². The lowest BCUT2D eigenvalue weighted by molar-refractivity contribution is 0.114. The van der Waals surface area contributed by atoms with Crippen molar-refractivity contribution < 1.29 is 13.2 Å². The van der Waals surface area contributed by atoms with E-state index in [1.165, 1.54) is 0 Å². The normalized spacial score (nSPS) is 19.2. The van der Waals surface area contributed by atoms with Gasteiger partial charge in [-0.3, -0.25) is 0 Å². The highest BCUT2D eigenvalue weighted by atomic mass is 79.9. The first kappa shape index (κ1) is 15.0. The third-order valence-electron chi connectivity index (χ3n) is 3.65. The van der Waals surface area contributed by atoms with Gasteiger partial charge in [0.05, 0.1) is 11.0 Å². The molecule has 2 aromatic carbocycles. The topological polar surface area (TPSA) is 55.4 Å². The summed E-state index contributed by atoms with van der Waals surface area (Å²) in [4.78, 5) is 0.305. The number of hydrogen-bond acceptors (Lipinski definition) is 3. The molecule has 0 aliphatic carbocycles. The molecule has 1 heterocycles. The molecule has 4 nitrogen and oxygen atoms in total. The van der Waals surface area contributed by atoms with Gasteiger partial charge in [0.2, 0.25) is 10.0 Å². The molecule has 6 heteroatoms. The Balaban J connectivity index is 1.93. The molecule has 112 valence electrons. The highest BCUT2D eigenvalue weighted by molar-refractivity contribution is 9.10. The Morgan fingerprint density at radius 3 is 2.67 bits per heavy atom. The molecule has 1 saturated heterocycles. The summed E-state index contributed by atoms with van der Waals surface area (Å²) in [5.41, 5.74) is 0. The van der Waals surface area contributed by atoms with Crippen molar-refractivity contribution in [1.82, 2.24) is 4.72 Å². The molecule has 3 rings (SSSR count). The highest BCUT2D eigenvalue weighted by Crippen LogP contribution is 2.29. The van der Waals surface area contributed by atoms with E-state index in [1.54, 1.807) is 12.1 Å². The molecule has 1 unspecified atom stereocenters. The lowest BCUT2D eigenvalue weighted by Gasteiger charge is -2.13. The zero-order valence-corrected chi connectivity index (χ0v) is 13.8. The second kappa shape index (κ2) is 6.04. The van der Waals surface area contributed by atoms with Crippen molar-refractivity contribution in [2.24, 2.45) is 0 Å². The van der Waals surface area contributed by atoms with Crippen LogP contribution in [0.3, 0.4) is 0 Å². The van der Waals surface area contributed by atoms with Crippen molar-refractivity contribution in [3.8, 4) is 0 Å². The molecule has 1 N–H and O–H groups in total. The molecule has 1 aliphatic rings. The number of benzene rings is 2. The summed E-state index contributed by atoms with van der Waals surface area (Å²) in [6.07, 6.45) is 1.89. The second-order valence-corrected chi connectivity index (χ2v) is 7.67. The molecular weight excluding hydrogens is 354 g/mol. The maximum Gasteiger partial charge on any atom is 0.241 e. The summed E-state index contributed by atoms with van der Waals surface area (Å²) >= 11 is 3.46. The van der Waals surface area contributed by atoms with Gasteiger partial charge in [-0.25, -0.2) is 13.1 Å². The van der Waals surface area contributed by atoms with Gasteiger partial charge in [-0.05, 0) is 30.4 Å². The van der Waals surface area contributed by atoms with Crippen LogP contribution in [-0.4, -0.2) is 27.7 Å². The number of ether oxygens (including phenoxy) is 1. The minimum absolute atomic E-state index is 0.0125. The van der Waals surface area contributed by atoms with Crippen molar-refractivity contribution in [2.45, 2.75) is 23.8 Å². The SMILES string of the molecule is O=S(=O)(NCC1CCCO1)c1ccc(Br)c2ccccc12. The number of fused-ring (bicyclic) bond motifs is 1. The van der Waals surface area contributed by atoms with Crippen LogP contribution in [0.2, 0.25) is 0 Å². The van der Waals surface area contributed by atoms with Gasteiger partial charge in [0.15, 0.2) is 0 Å². The fourth-order valence-electron chi connectivity index (χ4n) is 2.55. The highest BCUT2D eigenvalue weighted by Gasteiger charge is 2.22. The van der Waals surface area contributed by atoms with Crippen molar-refractivity contribution >= 4 is 36.7 Å². The van der Waals surface area contributed by atoms with Crippen LogP contribution in [0.1, 0.15) is 12.8 Å². The van der Waals surface area contributed by atoms with Crippen molar-refractivity contribution in [3.05, 3.63) is 40.9 Å². The Labute approximate surface area is 132 Å². The van der Waals surface area contributed by atoms with Crippen LogP contribution >= 0.6 is 15.9 Å². The zero-order chi connectivity index (χ0) is 14.9. The fourth-order valence-corrected chi connectivity index (χ4v) is 4.31. The van der Waals surface area contributed by atoms with E-state index in [9.17, 15) is 8.42 Å². The monoisotopic (exact) mass is 369 g/mol. The molecule has 0 amide bonds. The summed E-state index contributed by atoms with van der Waals surface area (Å²) in [6, 6.07) is 10.9. The van der Waals surface area contributed by atoms with Gasteiger partial charge in [-0.1, -0.05) is 40.2 Å². The summed E-state index contributed by atoms with van der Waals surface area (Å²) < 4.78 is 34.1. The third-order valence-corrected chi connectivity index (χ3v) is 5.82. The van der Waals surface area contributed by atoms with Crippen molar-refractivity contribution in [3.63, 3.8) is 0 Å². The summed E-state index contributed by atoms with van der Waals surface area (Å²) in [5.74, 6) is 0. The average Bonchev–Trinajstić information content (AvgIpc) is 2.99. The van der Waals surface area contributed by atoms with E-state index in [4.69, 9.17) is 4.74 Å². The van der Waals surface area contributed by atoms with Gasteiger partial charge < -0.3 is 4.74 Å². The molecule has 21 heavy (non-hydrogen) atoms. The van der Waals surface area contributed by atoms with E-state index < -0.39 is 10.0 Å². The first-order valence-electron chi connectivity index (χ1n) is 6.86. The van der Waals surface area contributed by atoms with Gasteiger partial charge in [0.25, 0.3) is 0 Å². The van der Waals surface area contributed by atoms with Crippen LogP contribution in [0, 0.1) is 0 Å². The molecule has 1 fully saturated rings. The Bertz CT molecular complexity index is 755. The van der Waals surface area contributed by atoms with E-state index in [1.807, 2.05) is 24.3 Å². The minimum Gasteiger partial charge on any atom is -0.377 e. The molecule has 0 bridgehead atoms. The Morgan fingerprint density at radius 1 is 1.19 bits per heavy atom. The number of nitrogens with one attached hydrogen (secondary N) is 1. The maximum atomic E-state index is 12.5. The molecule has 0 saturated carbocycles. The molecular formula is C15H16BrNO3S. The summed E-state index contributed by atoms with van der Waals surface area (Å²) in [6.45, 7) is 1.04. The van der Waals surface area contributed by atoms with Crippen molar-refractivity contribution in [1.29, 1.82) is 0 Å².